The van der Waals surface area contributed by atoms with Crippen molar-refractivity contribution in [2.75, 3.05) is 3.88 Å². The van der Waals surface area contributed by atoms with Crippen LogP contribution in [0.2, 0.25) is 0 Å². The van der Waals surface area contributed by atoms with Crippen molar-refractivity contribution in [2.45, 2.75) is 39.8 Å². The van der Waals surface area contributed by atoms with Crippen LogP contribution < -0.4 is 9.24 Å². The predicted octanol–water partition coefficient (Wildman–Crippen LogP) is 2.29. The first kappa shape index (κ1) is 13.3. The van der Waals surface area contributed by atoms with Gasteiger partial charge in [-0.25, -0.2) is 0 Å². The Hall–Kier alpha value is -0.778. The van der Waals surface area contributed by atoms with Gasteiger partial charge in [0, 0.05) is 0 Å². The third-order valence-corrected chi connectivity index (χ3v) is 3.10. The van der Waals surface area contributed by atoms with E-state index in [1.54, 1.807) is 0 Å². The van der Waals surface area contributed by atoms with Crippen LogP contribution in [-0.2, 0) is 0 Å². The van der Waals surface area contributed by atoms with E-state index in [-0.39, 0.29) is 0 Å². The zero-order chi connectivity index (χ0) is 12.1. The van der Waals surface area contributed by atoms with Crippen molar-refractivity contribution >= 4 is 22.2 Å². The molecule has 2 nitrogen and oxygen atoms in total. The van der Waals surface area contributed by atoms with Crippen LogP contribution in [-0.4, -0.2) is 28.6 Å². The molecule has 0 fully saturated rings. The monoisotopic (exact) mass is 230 g/mol. The van der Waals surface area contributed by atoms with Crippen LogP contribution in [0.5, 0.6) is 0 Å². The van der Waals surface area contributed by atoms with Crippen molar-refractivity contribution < 1.29 is 0 Å². The van der Waals surface area contributed by atoms with Crippen LogP contribution in [0.15, 0.2) is 35.3 Å². The third kappa shape index (κ3) is 3.66. The quantitative estimate of drug-likeness (QED) is 0.727. The molecule has 0 aliphatic heterocycles. The summed E-state index contributed by atoms with van der Waals surface area (Å²) in [7, 11) is 0. The second-order valence-corrected chi connectivity index (χ2v) is 4.96. The fourth-order valence-corrected chi connectivity index (χ4v) is 1.63. The Morgan fingerprint density at radius 2 is 1.69 bits per heavy atom. The molecule has 0 spiro atoms. The molecule has 0 saturated heterocycles. The Kier molecular flexibility index (Phi) is 5.05. The molecule has 0 unspecified atom stereocenters. The van der Waals surface area contributed by atoms with Gasteiger partial charge >= 0.3 is 107 Å². The standard InChI is InChI=1S/C13H19N2.Al/c1-10(2)14-12-8-6-5-7-9-13(12)15-11(3)4;/h5-11H,1-4H3;/q-1;+2. The van der Waals surface area contributed by atoms with Crippen LogP contribution in [0.3, 0.4) is 0 Å². The van der Waals surface area contributed by atoms with Gasteiger partial charge in [-0.1, -0.05) is 0 Å². The fraction of sp³-hybridized carbons (Fsp3) is 0.462. The van der Waals surface area contributed by atoms with Crippen LogP contribution >= 0.6 is 0 Å². The molecule has 1 rings (SSSR count). The van der Waals surface area contributed by atoms with Gasteiger partial charge in [0.2, 0.25) is 0 Å². The number of nitrogens with zero attached hydrogens (tertiary/aromatic N) is 2. The van der Waals surface area contributed by atoms with Crippen molar-refractivity contribution in [1.82, 2.24) is 0 Å². The van der Waals surface area contributed by atoms with Gasteiger partial charge in [0.25, 0.3) is 0 Å². The molecular formula is C13H19AlN2+. The zero-order valence-electron chi connectivity index (χ0n) is 10.5. The van der Waals surface area contributed by atoms with Gasteiger partial charge in [-0.15, -0.1) is 0 Å². The first-order valence-electron chi connectivity index (χ1n) is 5.69. The van der Waals surface area contributed by atoms with Gasteiger partial charge in [-0.2, -0.15) is 0 Å². The van der Waals surface area contributed by atoms with Crippen molar-refractivity contribution in [2.24, 2.45) is 4.99 Å². The summed E-state index contributed by atoms with van der Waals surface area (Å²) in [6.45, 7) is 8.52. The van der Waals surface area contributed by atoms with E-state index in [4.69, 9.17) is 0 Å². The molecule has 0 aromatic heterocycles. The van der Waals surface area contributed by atoms with Gasteiger partial charge in [-0.05, 0) is 0 Å². The summed E-state index contributed by atoms with van der Waals surface area (Å²) in [5, 5.41) is 1.05. The molecule has 0 aliphatic rings. The second-order valence-electron chi connectivity index (χ2n) is 4.41. The molecule has 1 aromatic rings. The molecule has 0 saturated carbocycles. The number of rotatable bonds is 3. The minimum atomic E-state index is 0.312. The number of hydrogen-bond acceptors (Lipinski definition) is 2. The summed E-state index contributed by atoms with van der Waals surface area (Å²) < 4.78 is 2.17. The summed E-state index contributed by atoms with van der Waals surface area (Å²) >= 11 is 2.77. The SMILES string of the molecule is CC(C)N=c1cccccc1[N]([Al+])C(C)C. The van der Waals surface area contributed by atoms with E-state index in [1.165, 1.54) is 0 Å². The molecular weight excluding hydrogens is 211 g/mol. The van der Waals surface area contributed by atoms with E-state index in [2.05, 4.69) is 65.2 Å². The Morgan fingerprint density at radius 3 is 2.25 bits per heavy atom. The van der Waals surface area contributed by atoms with Crippen molar-refractivity contribution in [1.29, 1.82) is 0 Å². The molecule has 0 N–H and O–H groups in total. The van der Waals surface area contributed by atoms with Gasteiger partial charge in [0.1, 0.15) is 0 Å². The predicted molar refractivity (Wildman–Crippen MR) is 70.5 cm³/mol. The summed E-state index contributed by atoms with van der Waals surface area (Å²) in [6.07, 6.45) is 0. The Labute approximate surface area is 107 Å². The van der Waals surface area contributed by atoms with E-state index in [0.717, 1.165) is 11.0 Å². The van der Waals surface area contributed by atoms with E-state index in [1.807, 2.05) is 18.2 Å². The maximum atomic E-state index is 4.65. The third-order valence-electron chi connectivity index (χ3n) is 2.22. The first-order chi connectivity index (χ1) is 7.52. The average molecular weight is 230 g/mol. The topological polar surface area (TPSA) is 15.6 Å². The van der Waals surface area contributed by atoms with Gasteiger partial charge in [-0.3, -0.25) is 0 Å². The van der Waals surface area contributed by atoms with Crippen LogP contribution in [0.25, 0.3) is 0 Å². The Bertz CT molecular complexity index is 399. The summed E-state index contributed by atoms with van der Waals surface area (Å²) in [4.78, 5) is 4.65. The van der Waals surface area contributed by atoms with Crippen molar-refractivity contribution in [3.63, 3.8) is 0 Å². The Balaban J connectivity index is 3.33. The number of anilines is 1. The van der Waals surface area contributed by atoms with Gasteiger partial charge in [0.15, 0.2) is 0 Å². The molecule has 0 atom stereocenters. The van der Waals surface area contributed by atoms with Crippen LogP contribution in [0.1, 0.15) is 27.7 Å². The van der Waals surface area contributed by atoms with E-state index in [9.17, 15) is 0 Å². The molecule has 16 heavy (non-hydrogen) atoms. The van der Waals surface area contributed by atoms with Crippen molar-refractivity contribution in [3.05, 3.63) is 35.7 Å². The maximum absolute atomic E-state index is 4.65. The first-order valence-corrected chi connectivity index (χ1v) is 6.21. The second kappa shape index (κ2) is 6.08. The molecule has 1 aromatic carbocycles. The summed E-state index contributed by atoms with van der Waals surface area (Å²) in [6, 6.07) is 11.0. The molecule has 1 radical (unpaired) electrons. The summed E-state index contributed by atoms with van der Waals surface area (Å²) in [5.74, 6) is 0. The molecule has 0 heterocycles. The van der Waals surface area contributed by atoms with Gasteiger partial charge in [0.05, 0.1) is 0 Å². The molecule has 3 heteroatoms. The van der Waals surface area contributed by atoms with E-state index in [0.29, 0.717) is 12.1 Å². The van der Waals surface area contributed by atoms with Crippen LogP contribution in [0, 0.1) is 0 Å². The van der Waals surface area contributed by atoms with Crippen LogP contribution in [0.4, 0.5) is 5.69 Å². The van der Waals surface area contributed by atoms with Gasteiger partial charge < -0.3 is 0 Å². The normalized spacial score (nSPS) is 12.2. The van der Waals surface area contributed by atoms with E-state index >= 15 is 0 Å². The number of hydrogen-bond donors (Lipinski definition) is 0. The average Bonchev–Trinajstić information content (AvgIpc) is 2.41. The van der Waals surface area contributed by atoms with E-state index < -0.39 is 0 Å². The summed E-state index contributed by atoms with van der Waals surface area (Å²) in [5.41, 5.74) is 1.15. The zero-order valence-corrected chi connectivity index (χ0v) is 11.7. The Morgan fingerprint density at radius 1 is 1.06 bits per heavy atom. The molecule has 0 amide bonds. The molecule has 83 valence electrons. The molecule has 0 bridgehead atoms. The fourth-order valence-electron chi connectivity index (χ4n) is 1.41. The minimum absolute atomic E-state index is 0.312. The molecule has 0 aliphatic carbocycles. The van der Waals surface area contributed by atoms with Crippen molar-refractivity contribution in [3.8, 4) is 0 Å².